The Labute approximate surface area is 253 Å². The van der Waals surface area contributed by atoms with Gasteiger partial charge in [-0.05, 0) is 44.1 Å². The number of nitrogens with one attached hydrogen (secondary N) is 2. The molecule has 43 heavy (non-hydrogen) atoms. The van der Waals surface area contributed by atoms with Crippen LogP contribution in [0.1, 0.15) is 33.6 Å². The van der Waals surface area contributed by atoms with Crippen molar-refractivity contribution in [1.82, 2.24) is 24.7 Å². The number of aryl methyl sites for hydroxylation is 1. The maximum atomic E-state index is 11.6. The second kappa shape index (κ2) is 17.2. The lowest BCUT2D eigenvalue weighted by atomic mass is 10.0. The van der Waals surface area contributed by atoms with Gasteiger partial charge in [-0.25, -0.2) is 9.97 Å². The number of anilines is 3. The zero-order valence-corrected chi connectivity index (χ0v) is 25.6. The predicted octanol–water partition coefficient (Wildman–Crippen LogP) is 1.10. The van der Waals surface area contributed by atoms with E-state index in [2.05, 4.69) is 48.4 Å². The molecule has 0 spiro atoms. The monoisotopic (exact) mass is 593 g/mol. The first-order valence-electron chi connectivity index (χ1n) is 14.4. The van der Waals surface area contributed by atoms with Crippen molar-refractivity contribution < 1.29 is 19.1 Å². The van der Waals surface area contributed by atoms with E-state index < -0.39 is 0 Å². The summed E-state index contributed by atoms with van der Waals surface area (Å²) in [6, 6.07) is 6.33. The van der Waals surface area contributed by atoms with E-state index in [9.17, 15) is 14.4 Å². The Morgan fingerprint density at radius 1 is 1.23 bits per heavy atom. The largest absolute Gasteiger partial charge is 0.383 e. The number of aromatic nitrogens is 2. The molecule has 4 heterocycles. The summed E-state index contributed by atoms with van der Waals surface area (Å²) >= 11 is 0. The Hall–Kier alpha value is -3.96. The zero-order valence-electron chi connectivity index (χ0n) is 25.6. The van der Waals surface area contributed by atoms with Crippen LogP contribution in [-0.2, 0) is 27.3 Å². The minimum absolute atomic E-state index is 0.393. The van der Waals surface area contributed by atoms with Gasteiger partial charge in [-0.1, -0.05) is 0 Å². The predicted molar refractivity (Wildman–Crippen MR) is 165 cm³/mol. The van der Waals surface area contributed by atoms with Gasteiger partial charge < -0.3 is 30.0 Å². The van der Waals surface area contributed by atoms with Crippen molar-refractivity contribution in [1.29, 1.82) is 5.26 Å². The number of rotatable bonds is 15. The van der Waals surface area contributed by atoms with Crippen molar-refractivity contribution in [2.45, 2.75) is 25.4 Å². The lowest BCUT2D eigenvalue weighted by Crippen LogP contribution is -2.59. The van der Waals surface area contributed by atoms with E-state index in [0.29, 0.717) is 55.9 Å². The van der Waals surface area contributed by atoms with E-state index in [1.165, 1.54) is 0 Å². The van der Waals surface area contributed by atoms with Gasteiger partial charge in [-0.2, -0.15) is 5.26 Å². The quantitative estimate of drug-likeness (QED) is 0.225. The van der Waals surface area contributed by atoms with Gasteiger partial charge in [-0.3, -0.25) is 19.4 Å². The molecule has 2 aliphatic heterocycles. The number of amides is 1. The molecular weight excluding hydrogens is 550 g/mol. The Bertz CT molecular complexity index is 1260. The Morgan fingerprint density at radius 3 is 2.65 bits per heavy atom. The molecule has 2 N–H and O–H groups in total. The molecule has 1 saturated heterocycles. The first-order chi connectivity index (χ1) is 20.9. The highest BCUT2D eigenvalue weighted by molar-refractivity contribution is 5.80. The lowest BCUT2D eigenvalue weighted by molar-refractivity contribution is -0.110. The van der Waals surface area contributed by atoms with Crippen LogP contribution in [-0.4, -0.2) is 130 Å². The number of likely N-dealkylation sites (tertiary alicyclic amines) is 1. The summed E-state index contributed by atoms with van der Waals surface area (Å²) in [7, 11) is 7.51. The first-order valence-corrected chi connectivity index (χ1v) is 14.4. The normalized spacial score (nSPS) is 14.7. The number of ether oxygens (including phenoxy) is 1. The number of methoxy groups -OCH3 is 1. The third-order valence-corrected chi connectivity index (χ3v) is 7.53. The molecule has 1 amide bonds. The van der Waals surface area contributed by atoms with Gasteiger partial charge in [0, 0.05) is 78.3 Å². The average molecular weight is 594 g/mol. The molecule has 0 radical (unpaired) electrons. The van der Waals surface area contributed by atoms with Crippen molar-refractivity contribution in [3.8, 4) is 6.07 Å². The SMILES string of the molecule is CN(CCN(CC=O)C1CN(C)C1)Cc1cc2c(nc1C=O)N(C=O)CCC2.CNc1cc(NCCOC)c(C#N)cn1. The van der Waals surface area contributed by atoms with Crippen molar-refractivity contribution in [3.05, 3.63) is 40.7 Å². The van der Waals surface area contributed by atoms with E-state index in [0.717, 1.165) is 80.6 Å². The summed E-state index contributed by atoms with van der Waals surface area (Å²) in [5.74, 6) is 1.34. The standard InChI is InChI=1S/C20H29N5O3.C10H14N4O/c1-22(6-7-24(8-9-26)18-12-23(2)13-18)11-17-10-16-4-3-5-25(15-28)20(16)21-19(17)14-27;1-12-10-5-9(13-3-4-15-2)8(6-11)7-14-10/h9-10,14-15,18H,3-8,11-13H2,1-2H3;5,7H,3-4H2,1-2H3,(H2,12,13,14). The van der Waals surface area contributed by atoms with E-state index in [4.69, 9.17) is 10.00 Å². The van der Waals surface area contributed by atoms with Crippen LogP contribution in [0.25, 0.3) is 0 Å². The summed E-state index contributed by atoms with van der Waals surface area (Å²) in [6.45, 7) is 6.56. The van der Waals surface area contributed by atoms with Crippen molar-refractivity contribution in [3.63, 3.8) is 0 Å². The van der Waals surface area contributed by atoms with E-state index in [1.807, 2.05) is 13.1 Å². The van der Waals surface area contributed by atoms with Gasteiger partial charge in [0.15, 0.2) is 6.29 Å². The molecule has 0 aliphatic carbocycles. The van der Waals surface area contributed by atoms with Crippen LogP contribution in [0, 0.1) is 11.3 Å². The van der Waals surface area contributed by atoms with Gasteiger partial charge in [0.2, 0.25) is 6.41 Å². The van der Waals surface area contributed by atoms with E-state index in [1.54, 1.807) is 31.3 Å². The molecule has 2 aliphatic rings. The molecule has 13 nitrogen and oxygen atoms in total. The maximum Gasteiger partial charge on any atom is 0.215 e. The minimum atomic E-state index is 0.393. The number of hydrogen-bond donors (Lipinski definition) is 2. The highest BCUT2D eigenvalue weighted by Gasteiger charge is 2.29. The number of likely N-dealkylation sites (N-methyl/N-ethyl adjacent to an activating group) is 2. The van der Waals surface area contributed by atoms with Crippen LogP contribution in [0.2, 0.25) is 0 Å². The number of carbonyl (C=O) groups excluding carboxylic acids is 3. The van der Waals surface area contributed by atoms with Gasteiger partial charge in [0.05, 0.1) is 24.4 Å². The summed E-state index contributed by atoms with van der Waals surface area (Å²) in [6.07, 6.45) is 5.83. The summed E-state index contributed by atoms with van der Waals surface area (Å²) < 4.78 is 4.92. The molecular formula is C30H43N9O4. The van der Waals surface area contributed by atoms with E-state index in [-0.39, 0.29) is 0 Å². The Balaban J connectivity index is 0.000000285. The topological polar surface area (TPSA) is 147 Å². The van der Waals surface area contributed by atoms with Gasteiger partial charge >= 0.3 is 0 Å². The van der Waals surface area contributed by atoms with Gasteiger partial charge in [0.25, 0.3) is 0 Å². The maximum absolute atomic E-state index is 11.6. The zero-order chi connectivity index (χ0) is 31.2. The highest BCUT2D eigenvalue weighted by atomic mass is 16.5. The fourth-order valence-electron chi connectivity index (χ4n) is 5.12. The number of nitrogens with zero attached hydrogens (tertiary/aromatic N) is 7. The van der Waals surface area contributed by atoms with Crippen molar-refractivity contribution in [2.24, 2.45) is 0 Å². The molecule has 0 aromatic carbocycles. The fourth-order valence-corrected chi connectivity index (χ4v) is 5.12. The molecule has 13 heteroatoms. The average Bonchev–Trinajstić information content (AvgIpc) is 3.01. The molecule has 0 saturated carbocycles. The summed E-state index contributed by atoms with van der Waals surface area (Å²) in [4.78, 5) is 50.5. The van der Waals surface area contributed by atoms with Crippen LogP contribution >= 0.6 is 0 Å². The Morgan fingerprint density at radius 2 is 2.02 bits per heavy atom. The summed E-state index contributed by atoms with van der Waals surface area (Å²) in [5.41, 5.74) is 3.60. The molecule has 0 atom stereocenters. The molecule has 4 rings (SSSR count). The summed E-state index contributed by atoms with van der Waals surface area (Å²) in [5, 5.41) is 14.9. The number of carbonyl (C=O) groups is 3. The number of aldehydes is 2. The van der Waals surface area contributed by atoms with Gasteiger partial charge in [0.1, 0.15) is 29.7 Å². The Kier molecular flexibility index (Phi) is 13.4. The smallest absolute Gasteiger partial charge is 0.215 e. The minimum Gasteiger partial charge on any atom is -0.383 e. The van der Waals surface area contributed by atoms with E-state index >= 15 is 0 Å². The molecule has 2 aromatic rings. The fraction of sp³-hybridized carbons (Fsp3) is 0.533. The van der Waals surface area contributed by atoms with Crippen LogP contribution in [0.15, 0.2) is 18.3 Å². The lowest BCUT2D eigenvalue weighted by Gasteiger charge is -2.43. The number of pyridine rings is 2. The van der Waals surface area contributed by atoms with Crippen molar-refractivity contribution in [2.75, 3.05) is 96.2 Å². The van der Waals surface area contributed by atoms with Crippen molar-refractivity contribution >= 4 is 36.3 Å². The number of hydrogen-bond acceptors (Lipinski definition) is 12. The molecule has 232 valence electrons. The third kappa shape index (κ3) is 9.52. The molecule has 1 fully saturated rings. The second-order valence-electron chi connectivity index (χ2n) is 10.7. The highest BCUT2D eigenvalue weighted by Crippen LogP contribution is 2.26. The van der Waals surface area contributed by atoms with Crippen LogP contribution in [0.4, 0.5) is 17.3 Å². The van der Waals surface area contributed by atoms with Crippen LogP contribution in [0.3, 0.4) is 0 Å². The van der Waals surface area contributed by atoms with Crippen LogP contribution < -0.4 is 15.5 Å². The second-order valence-corrected chi connectivity index (χ2v) is 10.7. The number of nitriles is 1. The third-order valence-electron chi connectivity index (χ3n) is 7.53. The molecule has 0 unspecified atom stereocenters. The van der Waals surface area contributed by atoms with Gasteiger partial charge in [-0.15, -0.1) is 0 Å². The van der Waals surface area contributed by atoms with Crippen LogP contribution in [0.5, 0.6) is 0 Å². The molecule has 0 bridgehead atoms. The molecule has 2 aromatic heterocycles. The number of fused-ring (bicyclic) bond motifs is 1. The first kappa shape index (κ1) is 33.5.